The Balaban J connectivity index is 2.04. The van der Waals surface area contributed by atoms with Gasteiger partial charge in [0.1, 0.15) is 5.82 Å². The van der Waals surface area contributed by atoms with Gasteiger partial charge in [-0.25, -0.2) is 4.39 Å². The van der Waals surface area contributed by atoms with E-state index >= 15 is 0 Å². The van der Waals surface area contributed by atoms with Gasteiger partial charge in [0.05, 0.1) is 0 Å². The average Bonchev–Trinajstić information content (AvgIpc) is 2.75. The topological polar surface area (TPSA) is 29.3 Å². The Kier molecular flexibility index (Phi) is 3.79. The van der Waals surface area contributed by atoms with E-state index in [9.17, 15) is 4.39 Å². The van der Waals surface area contributed by atoms with Crippen LogP contribution in [-0.2, 0) is 0 Å². The molecule has 0 aliphatic carbocycles. The van der Waals surface area contributed by atoms with E-state index in [1.54, 1.807) is 12.1 Å². The molecule has 3 unspecified atom stereocenters. The Morgan fingerprint density at radius 2 is 2.00 bits per heavy atom. The van der Waals surface area contributed by atoms with E-state index in [4.69, 9.17) is 5.73 Å². The van der Waals surface area contributed by atoms with E-state index in [1.807, 2.05) is 0 Å². The van der Waals surface area contributed by atoms with Crippen molar-refractivity contribution in [3.05, 3.63) is 35.6 Å². The largest absolute Gasteiger partial charge is 0.323 e. The predicted molar refractivity (Wildman–Crippen MR) is 68.1 cm³/mol. The van der Waals surface area contributed by atoms with Gasteiger partial charge in [0, 0.05) is 18.6 Å². The zero-order chi connectivity index (χ0) is 12.4. The second kappa shape index (κ2) is 5.15. The highest BCUT2D eigenvalue weighted by Crippen LogP contribution is 2.24. The number of rotatable bonds is 3. The summed E-state index contributed by atoms with van der Waals surface area (Å²) in [7, 11) is 0. The standard InChI is InChI=1S/C14H21FN2/c1-10-7-8-17(9-10)11(2)14(16)12-3-5-13(15)6-4-12/h3-6,10-11,14H,7-9,16H2,1-2H3. The molecule has 0 bridgehead atoms. The molecule has 1 aromatic carbocycles. The molecule has 0 aromatic heterocycles. The second-order valence-corrected chi connectivity index (χ2v) is 5.21. The molecular weight excluding hydrogens is 215 g/mol. The Hall–Kier alpha value is -0.930. The average molecular weight is 236 g/mol. The van der Waals surface area contributed by atoms with Crippen LogP contribution in [0.5, 0.6) is 0 Å². The monoisotopic (exact) mass is 236 g/mol. The summed E-state index contributed by atoms with van der Waals surface area (Å²) in [6.07, 6.45) is 1.25. The van der Waals surface area contributed by atoms with Crippen LogP contribution in [-0.4, -0.2) is 24.0 Å². The molecule has 3 heteroatoms. The van der Waals surface area contributed by atoms with Gasteiger partial charge in [-0.1, -0.05) is 19.1 Å². The fourth-order valence-corrected chi connectivity index (χ4v) is 2.53. The molecule has 2 rings (SSSR count). The lowest BCUT2D eigenvalue weighted by Gasteiger charge is -2.29. The van der Waals surface area contributed by atoms with Crippen molar-refractivity contribution in [2.75, 3.05) is 13.1 Å². The zero-order valence-corrected chi connectivity index (χ0v) is 10.6. The van der Waals surface area contributed by atoms with Crippen molar-refractivity contribution in [3.8, 4) is 0 Å². The Bertz CT molecular complexity index is 363. The summed E-state index contributed by atoms with van der Waals surface area (Å²) >= 11 is 0. The number of likely N-dealkylation sites (tertiary alicyclic amines) is 1. The number of benzene rings is 1. The summed E-state index contributed by atoms with van der Waals surface area (Å²) in [5, 5.41) is 0. The lowest BCUT2D eigenvalue weighted by atomic mass is 10.0. The lowest BCUT2D eigenvalue weighted by Crippen LogP contribution is -2.39. The summed E-state index contributed by atoms with van der Waals surface area (Å²) in [5.41, 5.74) is 7.26. The maximum atomic E-state index is 12.9. The van der Waals surface area contributed by atoms with Crippen LogP contribution >= 0.6 is 0 Å². The van der Waals surface area contributed by atoms with E-state index in [0.29, 0.717) is 6.04 Å². The Morgan fingerprint density at radius 3 is 2.53 bits per heavy atom. The molecular formula is C14H21FN2. The zero-order valence-electron chi connectivity index (χ0n) is 10.6. The van der Waals surface area contributed by atoms with Crippen LogP contribution < -0.4 is 5.73 Å². The smallest absolute Gasteiger partial charge is 0.123 e. The maximum absolute atomic E-state index is 12.9. The highest BCUT2D eigenvalue weighted by Gasteiger charge is 2.27. The lowest BCUT2D eigenvalue weighted by molar-refractivity contribution is 0.221. The second-order valence-electron chi connectivity index (χ2n) is 5.21. The minimum atomic E-state index is -0.205. The van der Waals surface area contributed by atoms with Crippen molar-refractivity contribution in [2.45, 2.75) is 32.4 Å². The van der Waals surface area contributed by atoms with Gasteiger partial charge in [0.2, 0.25) is 0 Å². The van der Waals surface area contributed by atoms with Crippen molar-refractivity contribution >= 4 is 0 Å². The summed E-state index contributed by atoms with van der Waals surface area (Å²) < 4.78 is 12.9. The first-order valence-corrected chi connectivity index (χ1v) is 6.33. The highest BCUT2D eigenvalue weighted by molar-refractivity contribution is 5.21. The van der Waals surface area contributed by atoms with Crippen LogP contribution in [0.4, 0.5) is 4.39 Å². The molecule has 2 nitrogen and oxygen atoms in total. The molecule has 2 N–H and O–H groups in total. The molecule has 0 saturated carbocycles. The van der Waals surface area contributed by atoms with E-state index in [2.05, 4.69) is 18.7 Å². The van der Waals surface area contributed by atoms with Crippen molar-refractivity contribution in [1.29, 1.82) is 0 Å². The summed E-state index contributed by atoms with van der Waals surface area (Å²) in [5.74, 6) is 0.557. The van der Waals surface area contributed by atoms with Crippen molar-refractivity contribution in [3.63, 3.8) is 0 Å². The number of halogens is 1. The third-order valence-electron chi connectivity index (χ3n) is 3.81. The summed E-state index contributed by atoms with van der Waals surface area (Å²) in [6.45, 7) is 6.68. The molecule has 1 aromatic rings. The third kappa shape index (κ3) is 2.85. The molecule has 1 saturated heterocycles. The van der Waals surface area contributed by atoms with Crippen LogP contribution in [0.15, 0.2) is 24.3 Å². The fourth-order valence-electron chi connectivity index (χ4n) is 2.53. The molecule has 1 aliphatic rings. The SMILES string of the molecule is CC1CCN(C(C)C(N)c2ccc(F)cc2)C1. The molecule has 3 atom stereocenters. The summed E-state index contributed by atoms with van der Waals surface area (Å²) in [4.78, 5) is 2.43. The molecule has 1 fully saturated rings. The molecule has 0 spiro atoms. The van der Waals surface area contributed by atoms with Gasteiger partial charge < -0.3 is 5.73 Å². The van der Waals surface area contributed by atoms with Crippen LogP contribution in [0.3, 0.4) is 0 Å². The van der Waals surface area contributed by atoms with Gasteiger partial charge in [-0.3, -0.25) is 4.90 Å². The number of hydrogen-bond donors (Lipinski definition) is 1. The Morgan fingerprint density at radius 1 is 1.35 bits per heavy atom. The van der Waals surface area contributed by atoms with Crippen LogP contribution in [0.25, 0.3) is 0 Å². The molecule has 94 valence electrons. The normalized spacial score (nSPS) is 24.8. The predicted octanol–water partition coefficient (Wildman–Crippen LogP) is 2.56. The van der Waals surface area contributed by atoms with Gasteiger partial charge in [-0.2, -0.15) is 0 Å². The van der Waals surface area contributed by atoms with Gasteiger partial charge in [0.25, 0.3) is 0 Å². The van der Waals surface area contributed by atoms with Crippen LogP contribution in [0.1, 0.15) is 31.9 Å². The molecule has 0 radical (unpaired) electrons. The van der Waals surface area contributed by atoms with E-state index in [1.165, 1.54) is 18.6 Å². The Labute approximate surface area is 103 Å². The first kappa shape index (κ1) is 12.5. The number of hydrogen-bond acceptors (Lipinski definition) is 2. The quantitative estimate of drug-likeness (QED) is 0.874. The van der Waals surface area contributed by atoms with Crippen molar-refractivity contribution in [2.24, 2.45) is 11.7 Å². The van der Waals surface area contributed by atoms with E-state index in [-0.39, 0.29) is 11.9 Å². The van der Waals surface area contributed by atoms with Gasteiger partial charge in [-0.05, 0) is 43.5 Å². The molecule has 17 heavy (non-hydrogen) atoms. The third-order valence-corrected chi connectivity index (χ3v) is 3.81. The number of nitrogens with two attached hydrogens (primary N) is 1. The van der Waals surface area contributed by atoms with E-state index in [0.717, 1.165) is 24.6 Å². The van der Waals surface area contributed by atoms with Crippen molar-refractivity contribution in [1.82, 2.24) is 4.90 Å². The van der Waals surface area contributed by atoms with Gasteiger partial charge in [-0.15, -0.1) is 0 Å². The maximum Gasteiger partial charge on any atom is 0.123 e. The first-order valence-electron chi connectivity index (χ1n) is 6.33. The first-order chi connectivity index (χ1) is 8.08. The van der Waals surface area contributed by atoms with Crippen LogP contribution in [0.2, 0.25) is 0 Å². The minimum absolute atomic E-state index is 0.0408. The molecule has 1 heterocycles. The summed E-state index contributed by atoms with van der Waals surface area (Å²) in [6, 6.07) is 6.81. The highest BCUT2D eigenvalue weighted by atomic mass is 19.1. The van der Waals surface area contributed by atoms with E-state index < -0.39 is 0 Å². The van der Waals surface area contributed by atoms with Crippen LogP contribution in [0, 0.1) is 11.7 Å². The molecule has 0 amide bonds. The van der Waals surface area contributed by atoms with Gasteiger partial charge >= 0.3 is 0 Å². The fraction of sp³-hybridized carbons (Fsp3) is 0.571. The minimum Gasteiger partial charge on any atom is -0.323 e. The van der Waals surface area contributed by atoms with Gasteiger partial charge in [0.15, 0.2) is 0 Å². The van der Waals surface area contributed by atoms with Crippen molar-refractivity contribution < 1.29 is 4.39 Å². The molecule has 1 aliphatic heterocycles. The number of nitrogens with zero attached hydrogens (tertiary/aromatic N) is 1.